The molecule has 0 N–H and O–H groups in total. The first-order chi connectivity index (χ1) is 9.45. The second-order valence-electron chi connectivity index (χ2n) is 6.15. The lowest BCUT2D eigenvalue weighted by molar-refractivity contribution is -0.153. The zero-order chi connectivity index (χ0) is 14.5. The molecule has 0 radical (unpaired) electrons. The number of alkyl halides is 2. The van der Waals surface area contributed by atoms with Crippen molar-refractivity contribution in [3.05, 3.63) is 0 Å². The number of rotatable bonds is 2. The van der Waals surface area contributed by atoms with E-state index in [1.165, 1.54) is 13.5 Å². The van der Waals surface area contributed by atoms with Crippen LogP contribution in [0.1, 0.15) is 38.5 Å². The molecule has 1 saturated heterocycles. The van der Waals surface area contributed by atoms with Gasteiger partial charge in [0.25, 0.3) is 0 Å². The van der Waals surface area contributed by atoms with Crippen molar-refractivity contribution < 1.29 is 14.3 Å². The zero-order valence-electron chi connectivity index (χ0n) is 11.5. The monoisotopic (exact) mass is 319 g/mol. The van der Waals surface area contributed by atoms with Gasteiger partial charge in [-0.2, -0.15) is 0 Å². The molecule has 3 aliphatic rings. The molecule has 4 unspecified atom stereocenters. The number of likely N-dealkylation sites (tertiary alicyclic amines) is 1. The molecule has 0 aromatic heterocycles. The molecule has 4 nitrogen and oxygen atoms in total. The molecule has 1 amide bonds. The largest absolute Gasteiger partial charge is 0.467 e. The fourth-order valence-corrected chi connectivity index (χ4v) is 4.28. The number of carbonyl (C=O) groups excluding carboxylic acids is 2. The third-order valence-corrected chi connectivity index (χ3v) is 5.78. The third-order valence-electron chi connectivity index (χ3n) is 4.94. The van der Waals surface area contributed by atoms with E-state index in [0.29, 0.717) is 18.8 Å². The molecule has 3 rings (SSSR count). The number of ether oxygens (including phenoxy) is 1. The van der Waals surface area contributed by atoms with Crippen LogP contribution in [0.4, 0.5) is 0 Å². The first-order valence-corrected chi connectivity index (χ1v) is 7.99. The maximum absolute atomic E-state index is 12.7. The van der Waals surface area contributed by atoms with E-state index in [2.05, 4.69) is 0 Å². The summed E-state index contributed by atoms with van der Waals surface area (Å²) >= 11 is 12.0. The average Bonchev–Trinajstić information content (AvgIpc) is 2.91. The number of hydrogen-bond donors (Lipinski definition) is 0. The minimum atomic E-state index is -0.940. The number of esters is 1. The summed E-state index contributed by atoms with van der Waals surface area (Å²) in [6, 6.07) is -0.296. The lowest BCUT2D eigenvalue weighted by atomic mass is 9.84. The van der Waals surface area contributed by atoms with Gasteiger partial charge < -0.3 is 9.64 Å². The molecule has 3 fully saturated rings. The van der Waals surface area contributed by atoms with Gasteiger partial charge in [-0.3, -0.25) is 4.79 Å². The van der Waals surface area contributed by atoms with Crippen molar-refractivity contribution in [3.63, 3.8) is 0 Å². The normalized spacial score (nSPS) is 38.2. The Morgan fingerprint density at radius 3 is 2.50 bits per heavy atom. The van der Waals surface area contributed by atoms with Gasteiger partial charge >= 0.3 is 5.97 Å². The number of amides is 1. The third kappa shape index (κ3) is 2.31. The van der Waals surface area contributed by atoms with Crippen LogP contribution >= 0.6 is 23.2 Å². The van der Waals surface area contributed by atoms with Crippen LogP contribution in [0.15, 0.2) is 0 Å². The average molecular weight is 320 g/mol. The van der Waals surface area contributed by atoms with Crippen LogP contribution in [0.2, 0.25) is 0 Å². The molecule has 20 heavy (non-hydrogen) atoms. The molecule has 0 aromatic rings. The zero-order valence-corrected chi connectivity index (χ0v) is 13.0. The Hall–Kier alpha value is -0.480. The fraction of sp³-hybridized carbons (Fsp3) is 0.857. The summed E-state index contributed by atoms with van der Waals surface area (Å²) in [6.07, 6.45) is 5.53. The molecule has 2 aliphatic carbocycles. The number of nitrogens with zero attached hydrogens (tertiary/aromatic N) is 1. The van der Waals surface area contributed by atoms with Crippen molar-refractivity contribution in [2.75, 3.05) is 7.11 Å². The SMILES string of the molecule is COC(=O)C1CC2CCCCC2N1C(=O)C1CC1(Cl)Cl. The van der Waals surface area contributed by atoms with Gasteiger partial charge in [-0.05, 0) is 31.6 Å². The van der Waals surface area contributed by atoms with E-state index >= 15 is 0 Å². The molecular formula is C14H19Cl2NO3. The molecular weight excluding hydrogens is 301 g/mol. The van der Waals surface area contributed by atoms with Gasteiger partial charge in [0, 0.05) is 6.04 Å². The quantitative estimate of drug-likeness (QED) is 0.580. The minimum absolute atomic E-state index is 0.0696. The molecule has 1 aliphatic heterocycles. The van der Waals surface area contributed by atoms with Gasteiger partial charge in [-0.15, -0.1) is 23.2 Å². The Balaban J connectivity index is 1.83. The van der Waals surface area contributed by atoms with Crippen molar-refractivity contribution in [3.8, 4) is 0 Å². The first-order valence-electron chi connectivity index (χ1n) is 7.23. The Labute approximate surface area is 128 Å². The van der Waals surface area contributed by atoms with Crippen LogP contribution in [0, 0.1) is 11.8 Å². The van der Waals surface area contributed by atoms with Crippen LogP contribution in [0.25, 0.3) is 0 Å². The predicted octanol–water partition coefficient (Wildman–Crippen LogP) is 2.51. The number of halogens is 2. The highest BCUT2D eigenvalue weighted by molar-refractivity contribution is 6.52. The van der Waals surface area contributed by atoms with Crippen molar-refractivity contribution >= 4 is 35.1 Å². The fourth-order valence-electron chi connectivity index (χ4n) is 3.78. The number of fused-ring (bicyclic) bond motifs is 1. The van der Waals surface area contributed by atoms with E-state index in [1.54, 1.807) is 4.90 Å². The maximum atomic E-state index is 12.7. The molecule has 0 aromatic carbocycles. The van der Waals surface area contributed by atoms with E-state index in [4.69, 9.17) is 27.9 Å². The van der Waals surface area contributed by atoms with Crippen LogP contribution in [0.5, 0.6) is 0 Å². The first kappa shape index (κ1) is 14.5. The van der Waals surface area contributed by atoms with Gasteiger partial charge in [0.15, 0.2) is 0 Å². The van der Waals surface area contributed by atoms with Gasteiger partial charge in [-0.25, -0.2) is 4.79 Å². The summed E-state index contributed by atoms with van der Waals surface area (Å²) in [5, 5.41) is 0. The van der Waals surface area contributed by atoms with E-state index in [-0.39, 0.29) is 23.8 Å². The summed E-state index contributed by atoms with van der Waals surface area (Å²) in [6.45, 7) is 0. The second kappa shape index (κ2) is 5.06. The van der Waals surface area contributed by atoms with Gasteiger partial charge in [0.1, 0.15) is 10.4 Å². The minimum Gasteiger partial charge on any atom is -0.467 e. The number of hydrogen-bond acceptors (Lipinski definition) is 3. The molecule has 6 heteroatoms. The molecule has 4 atom stereocenters. The van der Waals surface area contributed by atoms with E-state index in [1.807, 2.05) is 0 Å². The summed E-state index contributed by atoms with van der Waals surface area (Å²) in [5.74, 6) is -0.336. The summed E-state index contributed by atoms with van der Waals surface area (Å²) < 4.78 is 3.93. The van der Waals surface area contributed by atoms with Crippen molar-refractivity contribution in [2.24, 2.45) is 11.8 Å². The number of carbonyl (C=O) groups is 2. The van der Waals surface area contributed by atoms with Crippen molar-refractivity contribution in [1.82, 2.24) is 4.90 Å². The molecule has 0 bridgehead atoms. The maximum Gasteiger partial charge on any atom is 0.328 e. The van der Waals surface area contributed by atoms with Gasteiger partial charge in [-0.1, -0.05) is 12.8 Å². The topological polar surface area (TPSA) is 46.6 Å². The van der Waals surface area contributed by atoms with E-state index in [0.717, 1.165) is 19.3 Å². The lowest BCUT2D eigenvalue weighted by Crippen LogP contribution is -2.47. The lowest BCUT2D eigenvalue weighted by Gasteiger charge is -2.33. The van der Waals surface area contributed by atoms with Crippen LogP contribution in [-0.4, -0.2) is 40.3 Å². The summed E-state index contributed by atoms with van der Waals surface area (Å²) in [7, 11) is 1.37. The summed E-state index contributed by atoms with van der Waals surface area (Å²) in [4.78, 5) is 26.4. The highest BCUT2D eigenvalue weighted by Gasteiger charge is 2.60. The summed E-state index contributed by atoms with van der Waals surface area (Å²) in [5.41, 5.74) is 0. The second-order valence-corrected chi connectivity index (χ2v) is 7.69. The van der Waals surface area contributed by atoms with Crippen LogP contribution < -0.4 is 0 Å². The Morgan fingerprint density at radius 2 is 1.90 bits per heavy atom. The Bertz CT molecular complexity index is 440. The Morgan fingerprint density at radius 1 is 1.25 bits per heavy atom. The van der Waals surface area contributed by atoms with Crippen molar-refractivity contribution in [2.45, 2.75) is 54.9 Å². The van der Waals surface area contributed by atoms with Gasteiger partial charge in [0.2, 0.25) is 5.91 Å². The smallest absolute Gasteiger partial charge is 0.328 e. The standard InChI is InChI=1S/C14H19Cl2NO3/c1-20-13(19)11-6-8-4-2-3-5-10(8)17(11)12(18)9-7-14(9,15)16/h8-11H,2-7H2,1H3. The van der Waals surface area contributed by atoms with Crippen LogP contribution in [-0.2, 0) is 14.3 Å². The van der Waals surface area contributed by atoms with Crippen LogP contribution in [0.3, 0.4) is 0 Å². The molecule has 0 spiro atoms. The molecule has 1 heterocycles. The van der Waals surface area contributed by atoms with Crippen molar-refractivity contribution in [1.29, 1.82) is 0 Å². The van der Waals surface area contributed by atoms with Gasteiger partial charge in [0.05, 0.1) is 13.0 Å². The Kier molecular flexibility index (Phi) is 3.66. The highest BCUT2D eigenvalue weighted by atomic mass is 35.5. The van der Waals surface area contributed by atoms with E-state index in [9.17, 15) is 9.59 Å². The molecule has 2 saturated carbocycles. The number of methoxy groups -OCH3 is 1. The highest BCUT2D eigenvalue weighted by Crippen LogP contribution is 2.55. The predicted molar refractivity (Wildman–Crippen MR) is 75.6 cm³/mol. The molecule has 112 valence electrons. The van der Waals surface area contributed by atoms with E-state index < -0.39 is 10.4 Å².